The number of thiazole rings is 1. The maximum absolute atomic E-state index is 4.73. The molecule has 2 nitrogen and oxygen atoms in total. The highest BCUT2D eigenvalue weighted by Crippen LogP contribution is 2.22. The summed E-state index contributed by atoms with van der Waals surface area (Å²) in [4.78, 5) is 6.17. The van der Waals surface area contributed by atoms with Crippen molar-refractivity contribution in [2.24, 2.45) is 0 Å². The van der Waals surface area contributed by atoms with Crippen LogP contribution >= 0.6 is 23.1 Å². The van der Waals surface area contributed by atoms with Gasteiger partial charge in [0.1, 0.15) is 5.01 Å². The third-order valence-corrected chi connectivity index (χ3v) is 4.13. The summed E-state index contributed by atoms with van der Waals surface area (Å²) in [5.41, 5.74) is 1.32. The van der Waals surface area contributed by atoms with Crippen molar-refractivity contribution in [2.45, 2.75) is 45.4 Å². The topological polar surface area (TPSA) is 24.9 Å². The molecule has 1 aromatic rings. The Bertz CT molecular complexity index is 297. The average Bonchev–Trinajstić information content (AvgIpc) is 2.63. The quantitative estimate of drug-likeness (QED) is 0.723. The van der Waals surface area contributed by atoms with E-state index in [2.05, 4.69) is 25.4 Å². The van der Waals surface area contributed by atoms with E-state index in [0.717, 1.165) is 25.3 Å². The Morgan fingerprint density at radius 2 is 2.12 bits per heavy atom. The maximum atomic E-state index is 4.73. The minimum absolute atomic E-state index is 0.995. The normalized spacial score (nSPS) is 10.9. The molecule has 92 valence electrons. The molecule has 0 unspecified atom stereocenters. The molecule has 0 saturated heterocycles. The number of nitrogens with zero attached hydrogens (tertiary/aromatic N) is 1. The molecule has 0 aromatic carbocycles. The molecule has 0 fully saturated rings. The number of nitrogens with one attached hydrogen (secondary N) is 1. The molecule has 16 heavy (non-hydrogen) atoms. The van der Waals surface area contributed by atoms with Crippen molar-refractivity contribution in [3.8, 4) is 0 Å². The summed E-state index contributed by atoms with van der Waals surface area (Å²) in [6.07, 6.45) is 5.63. The van der Waals surface area contributed by atoms with Crippen LogP contribution in [-0.2, 0) is 18.7 Å². The Kier molecular flexibility index (Phi) is 7.08. The van der Waals surface area contributed by atoms with E-state index in [0.29, 0.717) is 0 Å². The van der Waals surface area contributed by atoms with Gasteiger partial charge in [-0.2, -0.15) is 11.8 Å². The Balaban J connectivity index is 2.62. The van der Waals surface area contributed by atoms with E-state index in [1.807, 2.05) is 23.1 Å². The number of aryl methyl sites for hydroxylation is 1. The van der Waals surface area contributed by atoms with Crippen molar-refractivity contribution in [2.75, 3.05) is 12.8 Å². The highest BCUT2D eigenvalue weighted by Gasteiger charge is 2.09. The molecule has 0 bridgehead atoms. The molecule has 0 amide bonds. The van der Waals surface area contributed by atoms with Crippen LogP contribution in [0.2, 0.25) is 0 Å². The van der Waals surface area contributed by atoms with Crippen molar-refractivity contribution in [1.82, 2.24) is 10.3 Å². The molecule has 1 N–H and O–H groups in total. The van der Waals surface area contributed by atoms with Crippen LogP contribution in [-0.4, -0.2) is 17.8 Å². The van der Waals surface area contributed by atoms with Gasteiger partial charge in [-0.15, -0.1) is 11.3 Å². The smallest absolute Gasteiger partial charge is 0.103 e. The van der Waals surface area contributed by atoms with Gasteiger partial charge in [-0.25, -0.2) is 4.98 Å². The maximum Gasteiger partial charge on any atom is 0.103 e. The molecule has 0 aliphatic heterocycles. The van der Waals surface area contributed by atoms with Crippen LogP contribution in [0.5, 0.6) is 0 Å². The molecule has 1 rings (SSSR count). The van der Waals surface area contributed by atoms with Gasteiger partial charge < -0.3 is 5.32 Å². The Hall–Kier alpha value is -0.0600. The molecular formula is C12H22N2S2. The minimum Gasteiger partial charge on any atom is -0.312 e. The first-order chi connectivity index (χ1) is 7.81. The SMILES string of the molecule is CCCNCc1sc(CSC)nc1CCC. The van der Waals surface area contributed by atoms with Crippen LogP contribution in [0.1, 0.15) is 42.3 Å². The second-order valence-electron chi connectivity index (χ2n) is 3.84. The number of thioether (sulfide) groups is 1. The van der Waals surface area contributed by atoms with E-state index in [-0.39, 0.29) is 0 Å². The first-order valence-corrected chi connectivity index (χ1v) is 8.19. The Morgan fingerprint density at radius 1 is 1.31 bits per heavy atom. The van der Waals surface area contributed by atoms with E-state index < -0.39 is 0 Å². The summed E-state index contributed by atoms with van der Waals surface area (Å²) >= 11 is 3.73. The second-order valence-corrected chi connectivity index (χ2v) is 5.87. The average molecular weight is 258 g/mol. The van der Waals surface area contributed by atoms with Gasteiger partial charge in [-0.05, 0) is 25.6 Å². The monoisotopic (exact) mass is 258 g/mol. The molecule has 1 aromatic heterocycles. The minimum atomic E-state index is 0.995. The van der Waals surface area contributed by atoms with E-state index >= 15 is 0 Å². The molecule has 1 heterocycles. The Labute approximate surface area is 107 Å². The van der Waals surface area contributed by atoms with Gasteiger partial charge in [-0.3, -0.25) is 0 Å². The zero-order valence-corrected chi connectivity index (χ0v) is 12.1. The largest absolute Gasteiger partial charge is 0.312 e. The summed E-state index contributed by atoms with van der Waals surface area (Å²) in [5, 5.41) is 4.75. The number of aromatic nitrogens is 1. The van der Waals surface area contributed by atoms with Crippen LogP contribution in [0.3, 0.4) is 0 Å². The third kappa shape index (κ3) is 4.44. The predicted molar refractivity (Wildman–Crippen MR) is 75.3 cm³/mol. The van der Waals surface area contributed by atoms with Gasteiger partial charge in [0.25, 0.3) is 0 Å². The first-order valence-electron chi connectivity index (χ1n) is 5.98. The summed E-state index contributed by atoms with van der Waals surface area (Å²) in [6, 6.07) is 0. The van der Waals surface area contributed by atoms with Crippen LogP contribution in [0.15, 0.2) is 0 Å². The van der Waals surface area contributed by atoms with Crippen LogP contribution < -0.4 is 5.32 Å². The molecular weight excluding hydrogens is 236 g/mol. The number of hydrogen-bond donors (Lipinski definition) is 1. The summed E-state index contributed by atoms with van der Waals surface area (Å²) in [6.45, 7) is 6.51. The van der Waals surface area contributed by atoms with Gasteiger partial charge >= 0.3 is 0 Å². The number of rotatable bonds is 8. The van der Waals surface area contributed by atoms with E-state index in [9.17, 15) is 0 Å². The second kappa shape index (κ2) is 8.09. The van der Waals surface area contributed by atoms with Crippen molar-refractivity contribution in [3.63, 3.8) is 0 Å². The zero-order valence-electron chi connectivity index (χ0n) is 10.5. The van der Waals surface area contributed by atoms with Crippen LogP contribution in [0.4, 0.5) is 0 Å². The fourth-order valence-electron chi connectivity index (χ4n) is 1.57. The van der Waals surface area contributed by atoms with E-state index in [4.69, 9.17) is 4.98 Å². The summed E-state index contributed by atoms with van der Waals surface area (Å²) < 4.78 is 0. The lowest BCUT2D eigenvalue weighted by Gasteiger charge is -2.02. The Morgan fingerprint density at radius 3 is 2.75 bits per heavy atom. The van der Waals surface area contributed by atoms with Crippen molar-refractivity contribution < 1.29 is 0 Å². The summed E-state index contributed by atoms with van der Waals surface area (Å²) in [7, 11) is 0. The molecule has 4 heteroatoms. The standard InChI is InChI=1S/C12H22N2S2/c1-4-6-10-11(8-13-7-5-2)16-12(14-10)9-15-3/h13H,4-9H2,1-3H3. The third-order valence-electron chi connectivity index (χ3n) is 2.29. The molecule has 0 saturated carbocycles. The molecule has 0 spiro atoms. The lowest BCUT2D eigenvalue weighted by Crippen LogP contribution is -2.13. The van der Waals surface area contributed by atoms with Crippen LogP contribution in [0.25, 0.3) is 0 Å². The first kappa shape index (κ1) is 14.0. The molecule has 0 aliphatic rings. The van der Waals surface area contributed by atoms with Gasteiger partial charge in [0.05, 0.1) is 5.69 Å². The lowest BCUT2D eigenvalue weighted by molar-refractivity contribution is 0.674. The molecule has 0 aliphatic carbocycles. The van der Waals surface area contributed by atoms with Crippen LogP contribution in [0, 0.1) is 0 Å². The van der Waals surface area contributed by atoms with Crippen molar-refractivity contribution in [3.05, 3.63) is 15.6 Å². The van der Waals surface area contributed by atoms with Gasteiger partial charge in [-0.1, -0.05) is 20.3 Å². The number of hydrogen-bond acceptors (Lipinski definition) is 4. The van der Waals surface area contributed by atoms with E-state index in [1.54, 1.807) is 0 Å². The van der Waals surface area contributed by atoms with E-state index in [1.165, 1.54) is 28.4 Å². The highest BCUT2D eigenvalue weighted by molar-refractivity contribution is 7.97. The predicted octanol–water partition coefficient (Wildman–Crippen LogP) is 3.46. The highest BCUT2D eigenvalue weighted by atomic mass is 32.2. The van der Waals surface area contributed by atoms with Gasteiger partial charge in [0.15, 0.2) is 0 Å². The summed E-state index contributed by atoms with van der Waals surface area (Å²) in [5.74, 6) is 1.05. The van der Waals surface area contributed by atoms with Gasteiger partial charge in [0, 0.05) is 17.2 Å². The van der Waals surface area contributed by atoms with Crippen molar-refractivity contribution in [1.29, 1.82) is 0 Å². The van der Waals surface area contributed by atoms with Crippen molar-refractivity contribution >= 4 is 23.1 Å². The molecule has 0 radical (unpaired) electrons. The molecule has 0 atom stereocenters. The lowest BCUT2D eigenvalue weighted by atomic mass is 10.2. The zero-order chi connectivity index (χ0) is 11.8. The fourth-order valence-corrected chi connectivity index (χ4v) is 3.35. The van der Waals surface area contributed by atoms with Gasteiger partial charge in [0.2, 0.25) is 0 Å². The fraction of sp³-hybridized carbons (Fsp3) is 0.750.